The zero-order valence-corrected chi connectivity index (χ0v) is 10.00. The van der Waals surface area contributed by atoms with E-state index in [1.165, 1.54) is 11.3 Å². The van der Waals surface area contributed by atoms with Gasteiger partial charge in [0.1, 0.15) is 5.88 Å². The summed E-state index contributed by atoms with van der Waals surface area (Å²) in [6.45, 7) is 6.31. The molecule has 14 heavy (non-hydrogen) atoms. The van der Waals surface area contributed by atoms with Crippen molar-refractivity contribution < 1.29 is 4.79 Å². The van der Waals surface area contributed by atoms with E-state index >= 15 is 0 Å². The Balaban J connectivity index is 2.74. The molecule has 1 amide bonds. The van der Waals surface area contributed by atoms with Crippen molar-refractivity contribution in [1.29, 1.82) is 0 Å². The van der Waals surface area contributed by atoms with Gasteiger partial charge in [0, 0.05) is 11.1 Å². The molecular formula is C9H13ClN2OS. The molecule has 1 N–H and O–H groups in total. The summed E-state index contributed by atoms with van der Waals surface area (Å²) in [5, 5.41) is 3.23. The maximum atomic E-state index is 11.0. The predicted octanol–water partition coefficient (Wildman–Crippen LogP) is 2.62. The van der Waals surface area contributed by atoms with Gasteiger partial charge in [-0.1, -0.05) is 20.8 Å². The Hall–Kier alpha value is -0.610. The van der Waals surface area contributed by atoms with Crippen molar-refractivity contribution in [2.45, 2.75) is 26.2 Å². The Morgan fingerprint density at radius 1 is 1.64 bits per heavy atom. The van der Waals surface area contributed by atoms with E-state index in [1.807, 2.05) is 0 Å². The lowest BCUT2D eigenvalue weighted by atomic mass is 9.96. The number of rotatable bonds is 2. The highest BCUT2D eigenvalue weighted by Gasteiger charge is 2.17. The number of carbonyl (C=O) groups is 1. The van der Waals surface area contributed by atoms with Crippen molar-refractivity contribution in [2.24, 2.45) is 0 Å². The summed E-state index contributed by atoms with van der Waals surface area (Å²) >= 11 is 6.85. The summed E-state index contributed by atoms with van der Waals surface area (Å²) in [5.41, 5.74) is 0.0710. The molecule has 0 saturated carbocycles. The zero-order chi connectivity index (χ0) is 10.8. The monoisotopic (exact) mass is 232 g/mol. The molecule has 0 aliphatic rings. The molecule has 0 unspecified atom stereocenters. The van der Waals surface area contributed by atoms with Gasteiger partial charge in [0.05, 0.1) is 0 Å². The minimum absolute atomic E-state index is 0.0373. The molecule has 0 saturated heterocycles. The van der Waals surface area contributed by atoms with E-state index in [4.69, 9.17) is 11.6 Å². The van der Waals surface area contributed by atoms with Gasteiger partial charge in [0.25, 0.3) is 0 Å². The Kier molecular flexibility index (Phi) is 3.50. The SMILES string of the molecule is CC(C)(C)c1cnc(NC(=O)CCl)s1. The maximum Gasteiger partial charge on any atom is 0.241 e. The highest BCUT2D eigenvalue weighted by molar-refractivity contribution is 7.15. The average molecular weight is 233 g/mol. The molecule has 3 nitrogen and oxygen atoms in total. The molecule has 0 bridgehead atoms. The number of amides is 1. The van der Waals surface area contributed by atoms with E-state index in [1.54, 1.807) is 6.20 Å². The first kappa shape index (κ1) is 11.5. The molecule has 0 aliphatic carbocycles. The molecule has 0 radical (unpaired) electrons. The van der Waals surface area contributed by atoms with Gasteiger partial charge in [-0.05, 0) is 5.41 Å². The Labute approximate surface area is 92.5 Å². The van der Waals surface area contributed by atoms with Crippen molar-refractivity contribution in [3.8, 4) is 0 Å². The van der Waals surface area contributed by atoms with Crippen molar-refractivity contribution >= 4 is 34.0 Å². The quantitative estimate of drug-likeness (QED) is 0.797. The predicted molar refractivity (Wildman–Crippen MR) is 60.2 cm³/mol. The van der Waals surface area contributed by atoms with Crippen LogP contribution >= 0.6 is 22.9 Å². The number of nitrogens with one attached hydrogen (secondary N) is 1. The van der Waals surface area contributed by atoms with Crippen molar-refractivity contribution in [3.63, 3.8) is 0 Å². The largest absolute Gasteiger partial charge is 0.301 e. The third kappa shape index (κ3) is 2.96. The van der Waals surface area contributed by atoms with Gasteiger partial charge in [-0.25, -0.2) is 4.98 Å². The molecule has 0 aromatic carbocycles. The lowest BCUT2D eigenvalue weighted by molar-refractivity contribution is -0.113. The number of halogens is 1. The van der Waals surface area contributed by atoms with E-state index < -0.39 is 0 Å². The fourth-order valence-corrected chi connectivity index (χ4v) is 1.79. The first-order chi connectivity index (χ1) is 6.43. The van der Waals surface area contributed by atoms with Crippen LogP contribution in [0.5, 0.6) is 0 Å². The number of carbonyl (C=O) groups excluding carboxylic acids is 1. The summed E-state index contributed by atoms with van der Waals surface area (Å²) in [4.78, 5) is 16.2. The summed E-state index contributed by atoms with van der Waals surface area (Å²) in [6, 6.07) is 0. The lowest BCUT2D eigenvalue weighted by Crippen LogP contribution is -2.12. The minimum atomic E-state index is -0.221. The summed E-state index contributed by atoms with van der Waals surface area (Å²) in [7, 11) is 0. The maximum absolute atomic E-state index is 11.0. The highest BCUT2D eigenvalue weighted by atomic mass is 35.5. The lowest BCUT2D eigenvalue weighted by Gasteiger charge is -2.14. The number of alkyl halides is 1. The fraction of sp³-hybridized carbons (Fsp3) is 0.556. The summed E-state index contributed by atoms with van der Waals surface area (Å²) < 4.78 is 0. The number of thiazole rings is 1. The van der Waals surface area contributed by atoms with Gasteiger partial charge in [0.15, 0.2) is 5.13 Å². The van der Waals surface area contributed by atoms with Crippen molar-refractivity contribution in [1.82, 2.24) is 4.98 Å². The van der Waals surface area contributed by atoms with Gasteiger partial charge in [0.2, 0.25) is 5.91 Å². The number of aromatic nitrogens is 1. The van der Waals surface area contributed by atoms with Crippen LogP contribution in [0.15, 0.2) is 6.20 Å². The Morgan fingerprint density at radius 2 is 2.29 bits per heavy atom. The molecule has 1 heterocycles. The number of anilines is 1. The van der Waals surface area contributed by atoms with Crippen LogP contribution in [0.4, 0.5) is 5.13 Å². The highest BCUT2D eigenvalue weighted by Crippen LogP contribution is 2.29. The molecule has 5 heteroatoms. The van der Waals surface area contributed by atoms with Crippen LogP contribution in [-0.2, 0) is 10.2 Å². The molecule has 78 valence electrons. The van der Waals surface area contributed by atoms with Crippen LogP contribution in [-0.4, -0.2) is 16.8 Å². The Morgan fingerprint density at radius 3 is 2.71 bits per heavy atom. The van der Waals surface area contributed by atoms with E-state index in [9.17, 15) is 4.79 Å². The topological polar surface area (TPSA) is 42.0 Å². The fourth-order valence-electron chi connectivity index (χ4n) is 0.831. The van der Waals surface area contributed by atoms with Crippen LogP contribution in [0.3, 0.4) is 0 Å². The second kappa shape index (κ2) is 4.28. The molecular weight excluding hydrogens is 220 g/mol. The van der Waals surface area contributed by atoms with E-state index in [2.05, 4.69) is 31.1 Å². The normalized spacial score (nSPS) is 11.4. The molecule has 0 spiro atoms. The molecule has 0 fully saturated rings. The first-order valence-electron chi connectivity index (χ1n) is 4.25. The van der Waals surface area contributed by atoms with Crippen LogP contribution in [0.1, 0.15) is 25.6 Å². The third-order valence-corrected chi connectivity index (χ3v) is 3.19. The number of hydrogen-bond donors (Lipinski definition) is 1. The van der Waals surface area contributed by atoms with Crippen molar-refractivity contribution in [2.75, 3.05) is 11.2 Å². The number of nitrogens with zero attached hydrogens (tertiary/aromatic N) is 1. The smallest absolute Gasteiger partial charge is 0.241 e. The van der Waals surface area contributed by atoms with E-state index in [0.717, 1.165) is 4.88 Å². The van der Waals surface area contributed by atoms with Gasteiger partial charge < -0.3 is 5.32 Å². The van der Waals surface area contributed by atoms with Gasteiger partial charge in [-0.15, -0.1) is 22.9 Å². The van der Waals surface area contributed by atoms with E-state index in [0.29, 0.717) is 5.13 Å². The second-order valence-electron chi connectivity index (χ2n) is 3.96. The standard InChI is InChI=1S/C9H13ClN2OS/c1-9(2,3)6-5-11-8(14-6)12-7(13)4-10/h5H,4H2,1-3H3,(H,11,12,13). The number of hydrogen-bond acceptors (Lipinski definition) is 3. The van der Waals surface area contributed by atoms with Gasteiger partial charge in [-0.3, -0.25) is 4.79 Å². The summed E-state index contributed by atoms with van der Waals surface area (Å²) in [6.07, 6.45) is 1.79. The van der Waals surface area contributed by atoms with Gasteiger partial charge in [-0.2, -0.15) is 0 Å². The minimum Gasteiger partial charge on any atom is -0.301 e. The van der Waals surface area contributed by atoms with Crippen LogP contribution in [0.2, 0.25) is 0 Å². The summed E-state index contributed by atoms with van der Waals surface area (Å²) in [5.74, 6) is -0.258. The molecule has 0 aliphatic heterocycles. The molecule has 1 aromatic heterocycles. The first-order valence-corrected chi connectivity index (χ1v) is 5.60. The molecule has 0 atom stereocenters. The van der Waals surface area contributed by atoms with Crippen LogP contribution < -0.4 is 5.32 Å². The third-order valence-electron chi connectivity index (χ3n) is 1.61. The van der Waals surface area contributed by atoms with Gasteiger partial charge >= 0.3 is 0 Å². The zero-order valence-electron chi connectivity index (χ0n) is 8.43. The second-order valence-corrected chi connectivity index (χ2v) is 5.26. The molecule has 1 aromatic rings. The Bertz CT molecular complexity index is 330. The van der Waals surface area contributed by atoms with E-state index in [-0.39, 0.29) is 17.2 Å². The van der Waals surface area contributed by atoms with Crippen LogP contribution in [0.25, 0.3) is 0 Å². The van der Waals surface area contributed by atoms with Crippen LogP contribution in [0, 0.1) is 0 Å². The average Bonchev–Trinajstić information content (AvgIpc) is 2.51. The van der Waals surface area contributed by atoms with Crippen molar-refractivity contribution in [3.05, 3.63) is 11.1 Å². The molecule has 1 rings (SSSR count).